The summed E-state index contributed by atoms with van der Waals surface area (Å²) < 4.78 is 16.0. The van der Waals surface area contributed by atoms with Gasteiger partial charge < -0.3 is 19.1 Å². The number of anilines is 1. The van der Waals surface area contributed by atoms with Crippen molar-refractivity contribution < 1.29 is 14.2 Å². The fourth-order valence-electron chi connectivity index (χ4n) is 1.75. The number of para-hydroxylation sites is 2. The van der Waals surface area contributed by atoms with Crippen molar-refractivity contribution in [2.75, 3.05) is 52.0 Å². The third-order valence-corrected chi connectivity index (χ3v) is 2.64. The number of nitrogens with zero attached hydrogens (tertiary/aromatic N) is 1. The predicted molar refractivity (Wildman–Crippen MR) is 73.6 cm³/mol. The molecular weight excluding hydrogens is 230 g/mol. The Hall–Kier alpha value is -1.26. The zero-order valence-electron chi connectivity index (χ0n) is 11.5. The van der Waals surface area contributed by atoms with Crippen molar-refractivity contribution in [2.24, 2.45) is 0 Å². The first-order chi connectivity index (χ1) is 8.83. The molecule has 0 bridgehead atoms. The van der Waals surface area contributed by atoms with Gasteiger partial charge in [0.25, 0.3) is 0 Å². The van der Waals surface area contributed by atoms with Crippen LogP contribution >= 0.6 is 0 Å². The zero-order chi connectivity index (χ0) is 13.2. The molecule has 0 heterocycles. The molecular formula is C14H23NO3. The van der Waals surface area contributed by atoms with E-state index in [1.807, 2.05) is 25.1 Å². The molecule has 0 amide bonds. The Balaban J connectivity index is 2.81. The van der Waals surface area contributed by atoms with E-state index in [0.717, 1.165) is 24.5 Å². The van der Waals surface area contributed by atoms with Crippen LogP contribution in [0, 0.1) is 0 Å². The van der Waals surface area contributed by atoms with E-state index in [-0.39, 0.29) is 0 Å². The van der Waals surface area contributed by atoms with Crippen molar-refractivity contribution in [3.05, 3.63) is 24.3 Å². The number of methoxy groups -OCH3 is 2. The molecule has 0 atom stereocenters. The van der Waals surface area contributed by atoms with Crippen molar-refractivity contribution in [1.29, 1.82) is 0 Å². The summed E-state index contributed by atoms with van der Waals surface area (Å²) in [5.41, 5.74) is 1.09. The van der Waals surface area contributed by atoms with Gasteiger partial charge in [-0.2, -0.15) is 0 Å². The highest BCUT2D eigenvalue weighted by molar-refractivity contribution is 5.58. The standard InChI is InChI=1S/C14H23NO3/c1-4-18-14-8-6-5-7-13(14)15(9-11-16-2)10-12-17-3/h5-8H,4,9-12H2,1-3H3. The highest BCUT2D eigenvalue weighted by atomic mass is 16.5. The Morgan fingerprint density at radius 3 is 2.17 bits per heavy atom. The average Bonchev–Trinajstić information content (AvgIpc) is 2.40. The predicted octanol–water partition coefficient (Wildman–Crippen LogP) is 2.18. The summed E-state index contributed by atoms with van der Waals surface area (Å²) in [6, 6.07) is 8.06. The highest BCUT2D eigenvalue weighted by Gasteiger charge is 2.11. The lowest BCUT2D eigenvalue weighted by molar-refractivity contribution is 0.190. The Morgan fingerprint density at radius 2 is 1.61 bits per heavy atom. The van der Waals surface area contributed by atoms with Gasteiger partial charge in [0.15, 0.2) is 0 Å². The van der Waals surface area contributed by atoms with Gasteiger partial charge in [-0.05, 0) is 19.1 Å². The fourth-order valence-corrected chi connectivity index (χ4v) is 1.75. The second-order valence-electron chi connectivity index (χ2n) is 3.87. The molecule has 1 rings (SSSR count). The monoisotopic (exact) mass is 253 g/mol. The molecule has 0 N–H and O–H groups in total. The van der Waals surface area contributed by atoms with Gasteiger partial charge in [0.1, 0.15) is 5.75 Å². The van der Waals surface area contributed by atoms with Gasteiger partial charge in [-0.15, -0.1) is 0 Å². The van der Waals surface area contributed by atoms with Crippen molar-refractivity contribution >= 4 is 5.69 Å². The molecule has 0 saturated carbocycles. The number of hydrogen-bond donors (Lipinski definition) is 0. The van der Waals surface area contributed by atoms with Gasteiger partial charge in [0.05, 0.1) is 25.5 Å². The quantitative estimate of drug-likeness (QED) is 0.675. The van der Waals surface area contributed by atoms with E-state index >= 15 is 0 Å². The van der Waals surface area contributed by atoms with Crippen molar-refractivity contribution in [1.82, 2.24) is 0 Å². The van der Waals surface area contributed by atoms with Gasteiger partial charge in [0.2, 0.25) is 0 Å². The smallest absolute Gasteiger partial charge is 0.142 e. The molecule has 0 radical (unpaired) electrons. The summed E-state index contributed by atoms with van der Waals surface area (Å²) in [5, 5.41) is 0. The number of ether oxygens (including phenoxy) is 3. The molecule has 0 aliphatic carbocycles. The normalized spacial score (nSPS) is 10.4. The topological polar surface area (TPSA) is 30.9 Å². The van der Waals surface area contributed by atoms with Crippen LogP contribution in [0.4, 0.5) is 5.69 Å². The van der Waals surface area contributed by atoms with E-state index in [4.69, 9.17) is 14.2 Å². The van der Waals surface area contributed by atoms with E-state index in [0.29, 0.717) is 19.8 Å². The van der Waals surface area contributed by atoms with E-state index < -0.39 is 0 Å². The van der Waals surface area contributed by atoms with Crippen LogP contribution in [0.5, 0.6) is 5.75 Å². The van der Waals surface area contributed by atoms with E-state index in [2.05, 4.69) is 11.0 Å². The third kappa shape index (κ3) is 4.55. The first-order valence-corrected chi connectivity index (χ1v) is 6.28. The lowest BCUT2D eigenvalue weighted by Crippen LogP contribution is -2.31. The van der Waals surface area contributed by atoms with Gasteiger partial charge >= 0.3 is 0 Å². The van der Waals surface area contributed by atoms with Crippen molar-refractivity contribution in [3.8, 4) is 5.75 Å². The van der Waals surface area contributed by atoms with Crippen molar-refractivity contribution in [2.45, 2.75) is 6.92 Å². The summed E-state index contributed by atoms with van der Waals surface area (Å²) in [6.07, 6.45) is 0. The minimum Gasteiger partial charge on any atom is -0.492 e. The number of benzene rings is 1. The Kier molecular flexibility index (Phi) is 7.22. The van der Waals surface area contributed by atoms with Crippen LogP contribution in [0.1, 0.15) is 6.92 Å². The highest BCUT2D eigenvalue weighted by Crippen LogP contribution is 2.27. The Morgan fingerprint density at radius 1 is 1.00 bits per heavy atom. The van der Waals surface area contributed by atoms with E-state index in [1.54, 1.807) is 14.2 Å². The SMILES string of the molecule is CCOc1ccccc1N(CCOC)CCOC. The molecule has 0 aromatic heterocycles. The minimum absolute atomic E-state index is 0.666. The molecule has 0 aliphatic rings. The molecule has 0 unspecified atom stereocenters. The molecule has 0 fully saturated rings. The lowest BCUT2D eigenvalue weighted by atomic mass is 10.2. The zero-order valence-corrected chi connectivity index (χ0v) is 11.5. The summed E-state index contributed by atoms with van der Waals surface area (Å²) in [7, 11) is 3.42. The lowest BCUT2D eigenvalue weighted by Gasteiger charge is -2.26. The third-order valence-electron chi connectivity index (χ3n) is 2.64. The molecule has 1 aromatic carbocycles. The molecule has 0 spiro atoms. The maximum Gasteiger partial charge on any atom is 0.142 e. The van der Waals surface area contributed by atoms with Crippen LogP contribution in [0.15, 0.2) is 24.3 Å². The molecule has 4 nitrogen and oxygen atoms in total. The summed E-state index contributed by atoms with van der Waals surface area (Å²) in [4.78, 5) is 2.22. The maximum atomic E-state index is 5.65. The van der Waals surface area contributed by atoms with Crippen LogP contribution in [0.2, 0.25) is 0 Å². The molecule has 18 heavy (non-hydrogen) atoms. The van der Waals surface area contributed by atoms with Gasteiger partial charge in [-0.1, -0.05) is 12.1 Å². The second-order valence-corrected chi connectivity index (χ2v) is 3.87. The van der Waals surface area contributed by atoms with Crippen LogP contribution in [0.25, 0.3) is 0 Å². The maximum absolute atomic E-state index is 5.65. The van der Waals surface area contributed by atoms with Crippen LogP contribution in [0.3, 0.4) is 0 Å². The molecule has 1 aromatic rings. The Labute approximate surface area is 109 Å². The summed E-state index contributed by atoms with van der Waals surface area (Å²) in [5.74, 6) is 0.909. The summed E-state index contributed by atoms with van der Waals surface area (Å²) >= 11 is 0. The first-order valence-electron chi connectivity index (χ1n) is 6.28. The van der Waals surface area contributed by atoms with Crippen molar-refractivity contribution in [3.63, 3.8) is 0 Å². The van der Waals surface area contributed by atoms with Gasteiger partial charge in [0, 0.05) is 27.3 Å². The largest absolute Gasteiger partial charge is 0.492 e. The molecule has 102 valence electrons. The van der Waals surface area contributed by atoms with Gasteiger partial charge in [-0.25, -0.2) is 0 Å². The molecule has 0 saturated heterocycles. The number of hydrogen-bond acceptors (Lipinski definition) is 4. The minimum atomic E-state index is 0.666. The Bertz CT molecular complexity index is 323. The van der Waals surface area contributed by atoms with Crippen LogP contribution in [-0.2, 0) is 9.47 Å². The molecule has 0 aliphatic heterocycles. The van der Waals surface area contributed by atoms with E-state index in [1.165, 1.54) is 0 Å². The molecule has 4 heteroatoms. The second kappa shape index (κ2) is 8.78. The average molecular weight is 253 g/mol. The fraction of sp³-hybridized carbons (Fsp3) is 0.571. The van der Waals surface area contributed by atoms with Crippen LogP contribution in [-0.4, -0.2) is 47.1 Å². The number of rotatable bonds is 9. The first kappa shape index (κ1) is 14.8. The van der Waals surface area contributed by atoms with Gasteiger partial charge in [-0.3, -0.25) is 0 Å². The van der Waals surface area contributed by atoms with Crippen LogP contribution < -0.4 is 9.64 Å². The summed E-state index contributed by atoms with van der Waals surface area (Å²) in [6.45, 7) is 5.67. The van der Waals surface area contributed by atoms with E-state index in [9.17, 15) is 0 Å².